The van der Waals surface area contributed by atoms with E-state index in [1.165, 1.54) is 19.3 Å². The standard InChI is InChI=1S/C10H21NO3/c1-2-3-4-5-6-11-8-9(12)7-10(13)14/h9,11-12H,2-8H2,1H3,(H,13,14). The Bertz CT molecular complexity index is 150. The molecule has 4 nitrogen and oxygen atoms in total. The predicted molar refractivity (Wildman–Crippen MR) is 55.3 cm³/mol. The van der Waals surface area contributed by atoms with Crippen LogP contribution < -0.4 is 5.32 Å². The first-order chi connectivity index (χ1) is 6.66. The molecule has 0 bridgehead atoms. The molecule has 84 valence electrons. The number of hydrogen-bond acceptors (Lipinski definition) is 3. The lowest BCUT2D eigenvalue weighted by Gasteiger charge is -2.08. The number of aliphatic hydroxyl groups excluding tert-OH is 1. The van der Waals surface area contributed by atoms with Crippen LogP contribution in [0.15, 0.2) is 0 Å². The fourth-order valence-electron chi connectivity index (χ4n) is 1.22. The predicted octanol–water partition coefficient (Wildman–Crippen LogP) is 0.992. The average molecular weight is 203 g/mol. The number of unbranched alkanes of at least 4 members (excludes halogenated alkanes) is 3. The van der Waals surface area contributed by atoms with Crippen molar-refractivity contribution in [3.63, 3.8) is 0 Å². The molecule has 0 rings (SSSR count). The highest BCUT2D eigenvalue weighted by Gasteiger charge is 2.07. The van der Waals surface area contributed by atoms with Crippen molar-refractivity contribution in [2.75, 3.05) is 13.1 Å². The third kappa shape index (κ3) is 9.48. The summed E-state index contributed by atoms with van der Waals surface area (Å²) >= 11 is 0. The van der Waals surface area contributed by atoms with Gasteiger partial charge in [0.15, 0.2) is 0 Å². The monoisotopic (exact) mass is 203 g/mol. The van der Waals surface area contributed by atoms with E-state index in [0.717, 1.165) is 13.0 Å². The molecule has 0 radical (unpaired) electrons. The van der Waals surface area contributed by atoms with Gasteiger partial charge in [-0.3, -0.25) is 4.79 Å². The number of aliphatic carboxylic acids is 1. The zero-order valence-electron chi connectivity index (χ0n) is 8.83. The van der Waals surface area contributed by atoms with Crippen molar-refractivity contribution in [3.8, 4) is 0 Å². The Morgan fingerprint density at radius 2 is 2.07 bits per heavy atom. The number of nitrogens with one attached hydrogen (secondary N) is 1. The highest BCUT2D eigenvalue weighted by atomic mass is 16.4. The maximum Gasteiger partial charge on any atom is 0.306 e. The van der Waals surface area contributed by atoms with E-state index in [1.807, 2.05) is 0 Å². The van der Waals surface area contributed by atoms with Crippen molar-refractivity contribution in [2.45, 2.75) is 45.1 Å². The molecule has 1 atom stereocenters. The highest BCUT2D eigenvalue weighted by Crippen LogP contribution is 1.97. The smallest absolute Gasteiger partial charge is 0.306 e. The van der Waals surface area contributed by atoms with Gasteiger partial charge in [0.05, 0.1) is 12.5 Å². The minimum Gasteiger partial charge on any atom is -0.481 e. The highest BCUT2D eigenvalue weighted by molar-refractivity contribution is 5.67. The van der Waals surface area contributed by atoms with Crippen LogP contribution in [0.2, 0.25) is 0 Å². The lowest BCUT2D eigenvalue weighted by molar-refractivity contribution is -0.139. The fourth-order valence-corrected chi connectivity index (χ4v) is 1.22. The van der Waals surface area contributed by atoms with Crippen LogP contribution in [0.25, 0.3) is 0 Å². The summed E-state index contributed by atoms with van der Waals surface area (Å²) in [5, 5.41) is 20.6. The summed E-state index contributed by atoms with van der Waals surface area (Å²) in [5.41, 5.74) is 0. The molecule has 0 aliphatic rings. The van der Waals surface area contributed by atoms with E-state index in [1.54, 1.807) is 0 Å². The minimum absolute atomic E-state index is 0.179. The van der Waals surface area contributed by atoms with E-state index in [4.69, 9.17) is 5.11 Å². The summed E-state index contributed by atoms with van der Waals surface area (Å²) in [6.07, 6.45) is 3.79. The van der Waals surface area contributed by atoms with Gasteiger partial charge in [0.2, 0.25) is 0 Å². The Labute approximate surface area is 85.3 Å². The zero-order chi connectivity index (χ0) is 10.8. The lowest BCUT2D eigenvalue weighted by Crippen LogP contribution is -2.29. The molecular weight excluding hydrogens is 182 g/mol. The molecule has 4 heteroatoms. The Kier molecular flexibility index (Phi) is 8.57. The van der Waals surface area contributed by atoms with Gasteiger partial charge >= 0.3 is 5.97 Å². The van der Waals surface area contributed by atoms with E-state index in [9.17, 15) is 9.90 Å². The van der Waals surface area contributed by atoms with E-state index >= 15 is 0 Å². The second-order valence-electron chi connectivity index (χ2n) is 3.52. The van der Waals surface area contributed by atoms with Gasteiger partial charge in [0.1, 0.15) is 0 Å². The molecule has 0 aromatic heterocycles. The quantitative estimate of drug-likeness (QED) is 0.489. The van der Waals surface area contributed by atoms with Gasteiger partial charge in [-0.25, -0.2) is 0 Å². The second-order valence-corrected chi connectivity index (χ2v) is 3.52. The molecule has 0 heterocycles. The molecule has 0 fully saturated rings. The molecule has 0 spiro atoms. The van der Waals surface area contributed by atoms with Gasteiger partial charge in [-0.15, -0.1) is 0 Å². The Morgan fingerprint density at radius 3 is 2.64 bits per heavy atom. The normalized spacial score (nSPS) is 12.7. The number of carboxylic acid groups (broad SMARTS) is 1. The van der Waals surface area contributed by atoms with Crippen molar-refractivity contribution >= 4 is 5.97 Å². The minimum atomic E-state index is -0.953. The Hall–Kier alpha value is -0.610. The van der Waals surface area contributed by atoms with Crippen LogP contribution in [0, 0.1) is 0 Å². The van der Waals surface area contributed by atoms with Crippen LogP contribution in [-0.2, 0) is 4.79 Å². The van der Waals surface area contributed by atoms with Crippen LogP contribution >= 0.6 is 0 Å². The molecule has 14 heavy (non-hydrogen) atoms. The van der Waals surface area contributed by atoms with Crippen LogP contribution in [0.5, 0.6) is 0 Å². The van der Waals surface area contributed by atoms with Crippen LogP contribution in [0.4, 0.5) is 0 Å². The Balaban J connectivity index is 3.14. The summed E-state index contributed by atoms with van der Waals surface area (Å²) in [6, 6.07) is 0. The van der Waals surface area contributed by atoms with Gasteiger partial charge in [0, 0.05) is 6.54 Å². The maximum atomic E-state index is 10.2. The largest absolute Gasteiger partial charge is 0.481 e. The lowest BCUT2D eigenvalue weighted by atomic mass is 10.2. The third-order valence-corrected chi connectivity index (χ3v) is 2.00. The molecule has 0 aromatic rings. The molecule has 0 saturated heterocycles. The molecule has 0 amide bonds. The topological polar surface area (TPSA) is 69.6 Å². The molecule has 0 aliphatic heterocycles. The van der Waals surface area contributed by atoms with E-state index < -0.39 is 12.1 Å². The first-order valence-electron chi connectivity index (χ1n) is 5.27. The zero-order valence-corrected chi connectivity index (χ0v) is 8.83. The summed E-state index contributed by atoms with van der Waals surface area (Å²) in [7, 11) is 0. The second kappa shape index (κ2) is 8.97. The van der Waals surface area contributed by atoms with Crippen molar-refractivity contribution < 1.29 is 15.0 Å². The molecule has 1 unspecified atom stereocenters. The fraction of sp³-hybridized carbons (Fsp3) is 0.900. The summed E-state index contributed by atoms with van der Waals surface area (Å²) in [4.78, 5) is 10.2. The van der Waals surface area contributed by atoms with Gasteiger partial charge in [-0.1, -0.05) is 26.2 Å². The molecule has 0 saturated carbocycles. The average Bonchev–Trinajstić information content (AvgIpc) is 2.10. The van der Waals surface area contributed by atoms with Crippen LogP contribution in [0.3, 0.4) is 0 Å². The van der Waals surface area contributed by atoms with Crippen molar-refractivity contribution in [1.29, 1.82) is 0 Å². The van der Waals surface area contributed by atoms with Crippen LogP contribution in [0.1, 0.15) is 39.0 Å². The van der Waals surface area contributed by atoms with Crippen molar-refractivity contribution in [1.82, 2.24) is 5.32 Å². The SMILES string of the molecule is CCCCCCNCC(O)CC(=O)O. The molecule has 0 aromatic carbocycles. The number of aliphatic hydroxyl groups is 1. The first-order valence-corrected chi connectivity index (χ1v) is 5.27. The third-order valence-electron chi connectivity index (χ3n) is 2.00. The van der Waals surface area contributed by atoms with Crippen molar-refractivity contribution in [2.24, 2.45) is 0 Å². The summed E-state index contributed by atoms with van der Waals surface area (Å²) in [5.74, 6) is -0.953. The number of carbonyl (C=O) groups is 1. The van der Waals surface area contributed by atoms with Crippen molar-refractivity contribution in [3.05, 3.63) is 0 Å². The number of rotatable bonds is 9. The molecule has 0 aliphatic carbocycles. The summed E-state index contributed by atoms with van der Waals surface area (Å²) in [6.45, 7) is 3.39. The van der Waals surface area contributed by atoms with E-state index in [2.05, 4.69) is 12.2 Å². The van der Waals surface area contributed by atoms with Gasteiger partial charge < -0.3 is 15.5 Å². The Morgan fingerprint density at radius 1 is 1.36 bits per heavy atom. The van der Waals surface area contributed by atoms with E-state index in [-0.39, 0.29) is 6.42 Å². The van der Waals surface area contributed by atoms with Gasteiger partial charge in [0.25, 0.3) is 0 Å². The molecule has 3 N–H and O–H groups in total. The van der Waals surface area contributed by atoms with E-state index in [0.29, 0.717) is 6.54 Å². The van der Waals surface area contributed by atoms with Gasteiger partial charge in [-0.05, 0) is 13.0 Å². The summed E-state index contributed by atoms with van der Waals surface area (Å²) < 4.78 is 0. The van der Waals surface area contributed by atoms with Crippen LogP contribution in [-0.4, -0.2) is 35.4 Å². The number of hydrogen-bond donors (Lipinski definition) is 3. The number of carboxylic acids is 1. The first kappa shape index (κ1) is 13.4. The maximum absolute atomic E-state index is 10.2. The molecular formula is C10H21NO3. The van der Waals surface area contributed by atoms with Gasteiger partial charge in [-0.2, -0.15) is 0 Å².